The number of aromatic nitrogens is 2. The second-order valence-electron chi connectivity index (χ2n) is 7.57. The van der Waals surface area contributed by atoms with E-state index in [1.165, 1.54) is 50.3 Å². The zero-order valence-corrected chi connectivity index (χ0v) is 17.3. The Bertz CT molecular complexity index is 887. The fraction of sp³-hybridized carbons (Fsp3) is 0.478. The van der Waals surface area contributed by atoms with Crippen LogP contribution in [-0.2, 0) is 0 Å². The van der Waals surface area contributed by atoms with Gasteiger partial charge in [-0.25, -0.2) is 0 Å². The van der Waals surface area contributed by atoms with Crippen molar-refractivity contribution in [1.82, 2.24) is 10.1 Å². The molecule has 0 unspecified atom stereocenters. The molecule has 0 bridgehead atoms. The zero-order valence-electron chi connectivity index (χ0n) is 16.5. The van der Waals surface area contributed by atoms with Crippen molar-refractivity contribution < 1.29 is 9.26 Å². The summed E-state index contributed by atoms with van der Waals surface area (Å²) in [4.78, 5) is 4.65. The first kappa shape index (κ1) is 20.7. The van der Waals surface area contributed by atoms with Gasteiger partial charge in [-0.3, -0.25) is 0 Å². The molecule has 1 aliphatic rings. The van der Waals surface area contributed by atoms with Crippen LogP contribution < -0.4 is 4.74 Å². The zero-order chi connectivity index (χ0) is 18.5. The molecule has 0 amide bonds. The van der Waals surface area contributed by atoms with E-state index in [0.717, 1.165) is 35.6 Å². The molecule has 1 aliphatic carbocycles. The van der Waals surface area contributed by atoms with Gasteiger partial charge in [-0.05, 0) is 48.2 Å². The highest BCUT2D eigenvalue weighted by Crippen LogP contribution is 2.34. The summed E-state index contributed by atoms with van der Waals surface area (Å²) < 4.78 is 11.4. The first-order chi connectivity index (χ1) is 13.3. The van der Waals surface area contributed by atoms with Gasteiger partial charge in [-0.15, -0.1) is 12.4 Å². The highest BCUT2D eigenvalue weighted by Gasteiger charge is 2.23. The van der Waals surface area contributed by atoms with Crippen molar-refractivity contribution in [3.63, 3.8) is 0 Å². The lowest BCUT2D eigenvalue weighted by atomic mass is 10.1. The molecule has 0 atom stereocenters. The number of hydrogen-bond acceptors (Lipinski definition) is 4. The molecule has 150 valence electrons. The highest BCUT2D eigenvalue weighted by atomic mass is 35.5. The number of benzene rings is 2. The van der Waals surface area contributed by atoms with Gasteiger partial charge >= 0.3 is 0 Å². The van der Waals surface area contributed by atoms with Crippen LogP contribution in [0.15, 0.2) is 40.9 Å². The van der Waals surface area contributed by atoms with Crippen LogP contribution >= 0.6 is 12.4 Å². The fourth-order valence-corrected chi connectivity index (χ4v) is 3.86. The van der Waals surface area contributed by atoms with Gasteiger partial charge in [0.2, 0.25) is 11.7 Å². The minimum atomic E-state index is 0. The Morgan fingerprint density at radius 2 is 1.79 bits per heavy atom. The summed E-state index contributed by atoms with van der Waals surface area (Å²) in [6.07, 6.45) is 9.75. The van der Waals surface area contributed by atoms with E-state index >= 15 is 0 Å². The number of rotatable bonds is 8. The summed E-state index contributed by atoms with van der Waals surface area (Å²) in [5.41, 5.74) is 1.00. The third-order valence-electron chi connectivity index (χ3n) is 5.48. The lowest BCUT2D eigenvalue weighted by molar-refractivity contribution is 0.305. The van der Waals surface area contributed by atoms with E-state index in [2.05, 4.69) is 47.4 Å². The van der Waals surface area contributed by atoms with Gasteiger partial charge in [0.25, 0.3) is 0 Å². The Morgan fingerprint density at radius 1 is 1.00 bits per heavy atom. The molecule has 0 N–H and O–H groups in total. The molecule has 1 aromatic heterocycles. The Morgan fingerprint density at radius 3 is 2.61 bits per heavy atom. The van der Waals surface area contributed by atoms with E-state index in [-0.39, 0.29) is 12.4 Å². The predicted octanol–water partition coefficient (Wildman–Crippen LogP) is 6.93. The average molecular weight is 401 g/mol. The van der Waals surface area contributed by atoms with E-state index in [1.807, 2.05) is 6.07 Å². The molecule has 0 aliphatic heterocycles. The average Bonchev–Trinajstić information content (AvgIpc) is 3.39. The van der Waals surface area contributed by atoms with E-state index < -0.39 is 0 Å². The number of halogens is 1. The molecule has 4 nitrogen and oxygen atoms in total. The van der Waals surface area contributed by atoms with E-state index in [9.17, 15) is 0 Å². The summed E-state index contributed by atoms with van der Waals surface area (Å²) in [6.45, 7) is 3.01. The maximum Gasteiger partial charge on any atom is 0.230 e. The Kier molecular flexibility index (Phi) is 7.32. The third-order valence-corrected chi connectivity index (χ3v) is 5.48. The fourth-order valence-electron chi connectivity index (χ4n) is 3.86. The summed E-state index contributed by atoms with van der Waals surface area (Å²) in [5, 5.41) is 6.55. The molecular weight excluding hydrogens is 372 g/mol. The molecule has 2 aromatic carbocycles. The molecule has 1 heterocycles. The number of ether oxygens (including phenoxy) is 1. The lowest BCUT2D eigenvalue weighted by Crippen LogP contribution is -1.97. The van der Waals surface area contributed by atoms with Crippen molar-refractivity contribution in [3.05, 3.63) is 42.3 Å². The van der Waals surface area contributed by atoms with Gasteiger partial charge in [0.1, 0.15) is 5.75 Å². The SMILES string of the molecule is CCCCCCOc1ccc2cc(-c3noc(C4CCCC4)n3)ccc2c1.Cl. The normalized spacial score (nSPS) is 14.3. The lowest BCUT2D eigenvalue weighted by Gasteiger charge is -2.07. The molecule has 28 heavy (non-hydrogen) atoms. The first-order valence-electron chi connectivity index (χ1n) is 10.3. The van der Waals surface area contributed by atoms with E-state index in [1.54, 1.807) is 0 Å². The van der Waals surface area contributed by atoms with E-state index in [4.69, 9.17) is 9.26 Å². The summed E-state index contributed by atoms with van der Waals surface area (Å²) >= 11 is 0. The van der Waals surface area contributed by atoms with Crippen LogP contribution in [-0.4, -0.2) is 16.7 Å². The summed E-state index contributed by atoms with van der Waals surface area (Å²) in [5.74, 6) is 2.88. The van der Waals surface area contributed by atoms with Gasteiger partial charge in [0.15, 0.2) is 0 Å². The van der Waals surface area contributed by atoms with Crippen LogP contribution in [0.25, 0.3) is 22.2 Å². The molecule has 0 saturated heterocycles. The van der Waals surface area contributed by atoms with Crippen molar-refractivity contribution in [3.8, 4) is 17.1 Å². The molecule has 4 rings (SSSR count). The van der Waals surface area contributed by atoms with Crippen molar-refractivity contribution in [2.24, 2.45) is 0 Å². The van der Waals surface area contributed by atoms with Crippen LogP contribution in [0.3, 0.4) is 0 Å². The number of hydrogen-bond donors (Lipinski definition) is 0. The summed E-state index contributed by atoms with van der Waals surface area (Å²) in [6, 6.07) is 12.6. The minimum Gasteiger partial charge on any atom is -0.494 e. The van der Waals surface area contributed by atoms with Crippen molar-refractivity contribution in [1.29, 1.82) is 0 Å². The smallest absolute Gasteiger partial charge is 0.230 e. The van der Waals surface area contributed by atoms with Crippen LogP contribution in [0.1, 0.15) is 70.1 Å². The van der Waals surface area contributed by atoms with Gasteiger partial charge in [0, 0.05) is 11.5 Å². The third kappa shape index (κ3) is 4.85. The monoisotopic (exact) mass is 400 g/mol. The Balaban J connectivity index is 0.00000225. The maximum atomic E-state index is 5.90. The molecule has 3 aromatic rings. The highest BCUT2D eigenvalue weighted by molar-refractivity contribution is 5.87. The van der Waals surface area contributed by atoms with Crippen LogP contribution in [0.4, 0.5) is 0 Å². The minimum absolute atomic E-state index is 0. The van der Waals surface area contributed by atoms with Gasteiger partial charge in [0.05, 0.1) is 6.61 Å². The largest absolute Gasteiger partial charge is 0.494 e. The molecule has 5 heteroatoms. The topological polar surface area (TPSA) is 48.2 Å². The van der Waals surface area contributed by atoms with Gasteiger partial charge in [-0.1, -0.05) is 62.4 Å². The quantitative estimate of drug-likeness (QED) is 0.384. The second kappa shape index (κ2) is 9.92. The van der Waals surface area contributed by atoms with Crippen LogP contribution in [0.2, 0.25) is 0 Å². The summed E-state index contributed by atoms with van der Waals surface area (Å²) in [7, 11) is 0. The van der Waals surface area contributed by atoms with Gasteiger partial charge in [-0.2, -0.15) is 4.98 Å². The molecule has 0 spiro atoms. The molecule has 1 saturated carbocycles. The van der Waals surface area contributed by atoms with Crippen LogP contribution in [0.5, 0.6) is 5.75 Å². The Labute approximate surface area is 173 Å². The first-order valence-corrected chi connectivity index (χ1v) is 10.3. The van der Waals surface area contributed by atoms with Crippen molar-refractivity contribution in [2.75, 3.05) is 6.61 Å². The standard InChI is InChI=1S/C23H28N2O2.ClH/c1-2-3-4-7-14-26-21-13-12-18-15-20(11-10-19(18)16-21)22-24-23(27-25-22)17-8-5-6-9-17;/h10-13,15-17H,2-9,14H2,1H3;1H. The second-order valence-corrected chi connectivity index (χ2v) is 7.57. The number of unbranched alkanes of at least 4 members (excludes halogenated alkanes) is 3. The molecule has 0 radical (unpaired) electrons. The van der Waals surface area contributed by atoms with Crippen molar-refractivity contribution in [2.45, 2.75) is 64.2 Å². The predicted molar refractivity (Wildman–Crippen MR) is 115 cm³/mol. The molecular formula is C23H29ClN2O2. The maximum absolute atomic E-state index is 5.90. The molecule has 1 fully saturated rings. The van der Waals surface area contributed by atoms with Crippen LogP contribution in [0, 0.1) is 0 Å². The number of nitrogens with zero attached hydrogens (tertiary/aromatic N) is 2. The number of fused-ring (bicyclic) bond motifs is 1. The van der Waals surface area contributed by atoms with E-state index in [0.29, 0.717) is 11.7 Å². The van der Waals surface area contributed by atoms with Gasteiger partial charge < -0.3 is 9.26 Å². The van der Waals surface area contributed by atoms with Crippen molar-refractivity contribution >= 4 is 23.2 Å². The Hall–Kier alpha value is -2.07.